The van der Waals surface area contributed by atoms with Crippen LogP contribution in [-0.4, -0.2) is 24.5 Å². The van der Waals surface area contributed by atoms with Gasteiger partial charge in [0, 0.05) is 16.6 Å². The lowest BCUT2D eigenvalue weighted by molar-refractivity contribution is -0.274. The highest BCUT2D eigenvalue weighted by Crippen LogP contribution is 2.35. The fourth-order valence-corrected chi connectivity index (χ4v) is 3.43. The summed E-state index contributed by atoms with van der Waals surface area (Å²) in [5, 5.41) is 0.729. The van der Waals surface area contributed by atoms with Crippen LogP contribution in [0, 0.1) is 0 Å². The molecular weight excluding hydrogens is 393 g/mol. The van der Waals surface area contributed by atoms with Gasteiger partial charge in [-0.3, -0.25) is 0 Å². The van der Waals surface area contributed by atoms with Crippen molar-refractivity contribution in [3.8, 4) is 22.8 Å². The van der Waals surface area contributed by atoms with Crippen LogP contribution in [0.3, 0.4) is 0 Å². The Labute approximate surface area is 174 Å². The number of hydrogen-bond donors (Lipinski definition) is 2. The van der Waals surface area contributed by atoms with Gasteiger partial charge in [0.15, 0.2) is 0 Å². The molecule has 162 valence electrons. The molecule has 7 heteroatoms. The number of fused-ring (bicyclic) bond motifs is 1. The van der Waals surface area contributed by atoms with Crippen LogP contribution in [-0.2, 0) is 6.42 Å². The molecule has 0 spiro atoms. The van der Waals surface area contributed by atoms with Gasteiger partial charge in [-0.15, -0.1) is 13.2 Å². The van der Waals surface area contributed by atoms with Gasteiger partial charge in [0.05, 0.1) is 6.61 Å². The molecule has 0 amide bonds. The summed E-state index contributed by atoms with van der Waals surface area (Å²) in [6.45, 7) is 3.36. The minimum atomic E-state index is -4.72. The molecule has 0 aliphatic rings. The van der Waals surface area contributed by atoms with Crippen LogP contribution < -0.4 is 15.2 Å². The number of aromatic nitrogens is 1. The summed E-state index contributed by atoms with van der Waals surface area (Å²) < 4.78 is 47.8. The summed E-state index contributed by atoms with van der Waals surface area (Å²) in [5.74, 6) is 0.578. The topological polar surface area (TPSA) is 60.3 Å². The molecule has 0 atom stereocenters. The number of nitrogens with two attached hydrogens (primary N) is 1. The zero-order valence-electron chi connectivity index (χ0n) is 17.0. The molecule has 2 aromatic carbocycles. The lowest BCUT2D eigenvalue weighted by atomic mass is 10.00. The van der Waals surface area contributed by atoms with Gasteiger partial charge in [-0.2, -0.15) is 0 Å². The van der Waals surface area contributed by atoms with Gasteiger partial charge in [0.1, 0.15) is 11.5 Å². The fourth-order valence-electron chi connectivity index (χ4n) is 3.43. The Bertz CT molecular complexity index is 949. The van der Waals surface area contributed by atoms with E-state index in [0.29, 0.717) is 19.6 Å². The van der Waals surface area contributed by atoms with Crippen molar-refractivity contribution in [2.75, 3.05) is 13.2 Å². The minimum absolute atomic E-state index is 0.222. The van der Waals surface area contributed by atoms with Crippen LogP contribution in [0.25, 0.3) is 22.2 Å². The maximum Gasteiger partial charge on any atom is 0.573 e. The van der Waals surface area contributed by atoms with Crippen molar-refractivity contribution < 1.29 is 22.6 Å². The SMILES string of the molecule is CCCCOc1ccc(-c2[nH]c3ccc(OC(F)(F)F)cc3c2CCCCN)cc1. The van der Waals surface area contributed by atoms with E-state index in [2.05, 4.69) is 16.6 Å². The number of alkyl halides is 3. The molecule has 4 nitrogen and oxygen atoms in total. The largest absolute Gasteiger partial charge is 0.573 e. The van der Waals surface area contributed by atoms with E-state index < -0.39 is 6.36 Å². The van der Waals surface area contributed by atoms with E-state index in [4.69, 9.17) is 10.5 Å². The summed E-state index contributed by atoms with van der Waals surface area (Å²) in [6.07, 6.45) is -0.262. The lowest BCUT2D eigenvalue weighted by Gasteiger charge is -2.10. The number of hydrogen-bond acceptors (Lipinski definition) is 3. The predicted molar refractivity (Wildman–Crippen MR) is 113 cm³/mol. The van der Waals surface area contributed by atoms with Crippen molar-refractivity contribution in [1.29, 1.82) is 0 Å². The molecule has 0 bridgehead atoms. The fraction of sp³-hybridized carbons (Fsp3) is 0.391. The molecular formula is C23H27F3N2O2. The quantitative estimate of drug-likeness (QED) is 0.384. The highest BCUT2D eigenvalue weighted by molar-refractivity contribution is 5.91. The summed E-state index contributed by atoms with van der Waals surface area (Å²) in [7, 11) is 0. The maximum absolute atomic E-state index is 12.7. The zero-order valence-corrected chi connectivity index (χ0v) is 17.0. The van der Waals surface area contributed by atoms with Crippen molar-refractivity contribution in [1.82, 2.24) is 4.98 Å². The van der Waals surface area contributed by atoms with Crippen molar-refractivity contribution in [2.45, 2.75) is 45.4 Å². The molecule has 1 aromatic heterocycles. The van der Waals surface area contributed by atoms with Gasteiger partial charge in [-0.25, -0.2) is 0 Å². The molecule has 0 saturated heterocycles. The Hall–Kier alpha value is -2.67. The molecule has 0 aliphatic heterocycles. The lowest BCUT2D eigenvalue weighted by Crippen LogP contribution is -2.16. The van der Waals surface area contributed by atoms with Crippen molar-refractivity contribution >= 4 is 10.9 Å². The van der Waals surface area contributed by atoms with Crippen LogP contribution in [0.1, 0.15) is 38.2 Å². The molecule has 0 unspecified atom stereocenters. The molecule has 0 saturated carbocycles. The van der Waals surface area contributed by atoms with Crippen LogP contribution in [0.4, 0.5) is 13.2 Å². The molecule has 1 heterocycles. The van der Waals surface area contributed by atoms with Crippen molar-refractivity contribution in [3.05, 3.63) is 48.0 Å². The third-order valence-corrected chi connectivity index (χ3v) is 4.90. The number of unbranched alkanes of at least 4 members (excludes halogenated alkanes) is 2. The van der Waals surface area contributed by atoms with Gasteiger partial charge in [-0.1, -0.05) is 13.3 Å². The molecule has 30 heavy (non-hydrogen) atoms. The maximum atomic E-state index is 12.7. The van der Waals surface area contributed by atoms with Gasteiger partial charge in [-0.05, 0) is 85.8 Å². The van der Waals surface area contributed by atoms with Crippen LogP contribution in [0.2, 0.25) is 0 Å². The number of H-pyrrole nitrogens is 1. The molecule has 3 aromatic rings. The molecule has 0 aliphatic carbocycles. The van der Waals surface area contributed by atoms with E-state index in [1.807, 2.05) is 24.3 Å². The second-order valence-electron chi connectivity index (χ2n) is 7.21. The average Bonchev–Trinajstić information content (AvgIpc) is 3.06. The Morgan fingerprint density at radius 2 is 1.70 bits per heavy atom. The summed E-state index contributed by atoms with van der Waals surface area (Å²) >= 11 is 0. The molecule has 3 N–H and O–H groups in total. The van der Waals surface area contributed by atoms with Gasteiger partial charge in [0.2, 0.25) is 0 Å². The number of nitrogens with one attached hydrogen (secondary N) is 1. The molecule has 0 radical (unpaired) electrons. The highest BCUT2D eigenvalue weighted by atomic mass is 19.4. The van der Waals surface area contributed by atoms with Gasteiger partial charge in [0.25, 0.3) is 0 Å². The number of benzene rings is 2. The van der Waals surface area contributed by atoms with Crippen LogP contribution in [0.5, 0.6) is 11.5 Å². The summed E-state index contributed by atoms with van der Waals surface area (Å²) in [6, 6.07) is 12.1. The Morgan fingerprint density at radius 1 is 0.967 bits per heavy atom. The third-order valence-electron chi connectivity index (χ3n) is 4.90. The normalized spacial score (nSPS) is 11.8. The van der Waals surface area contributed by atoms with Gasteiger partial charge < -0.3 is 20.2 Å². The van der Waals surface area contributed by atoms with Crippen molar-refractivity contribution in [3.63, 3.8) is 0 Å². The average molecular weight is 420 g/mol. The zero-order chi connectivity index (χ0) is 21.6. The second-order valence-corrected chi connectivity index (χ2v) is 7.21. The van der Waals surface area contributed by atoms with Crippen LogP contribution >= 0.6 is 0 Å². The van der Waals surface area contributed by atoms with E-state index >= 15 is 0 Å². The summed E-state index contributed by atoms with van der Waals surface area (Å²) in [4.78, 5) is 3.36. The van der Waals surface area contributed by atoms with Gasteiger partial charge >= 0.3 is 6.36 Å². The third kappa shape index (κ3) is 5.69. The Kier molecular flexibility index (Phi) is 7.26. The number of aryl methyl sites for hydroxylation is 1. The molecule has 3 rings (SSSR count). The first-order valence-electron chi connectivity index (χ1n) is 10.2. The highest BCUT2D eigenvalue weighted by Gasteiger charge is 2.31. The van der Waals surface area contributed by atoms with Crippen LogP contribution in [0.15, 0.2) is 42.5 Å². The standard InChI is InChI=1S/C23H27F3N2O2/c1-2-3-14-29-17-9-7-16(8-10-17)22-19(6-4-5-13-27)20-15-18(30-23(24,25)26)11-12-21(20)28-22/h7-12,15,28H,2-6,13-14,27H2,1H3. The number of aromatic amines is 1. The molecule has 0 fully saturated rings. The Balaban J connectivity index is 1.94. The second kappa shape index (κ2) is 9.89. The first-order chi connectivity index (χ1) is 14.4. The number of rotatable bonds is 10. The Morgan fingerprint density at radius 3 is 2.37 bits per heavy atom. The van der Waals surface area contributed by atoms with Crippen molar-refractivity contribution in [2.24, 2.45) is 5.73 Å². The first kappa shape index (κ1) is 22.0. The van der Waals surface area contributed by atoms with E-state index in [1.54, 1.807) is 6.07 Å². The first-order valence-corrected chi connectivity index (χ1v) is 10.2. The number of halogens is 3. The smallest absolute Gasteiger partial charge is 0.494 e. The van der Waals surface area contributed by atoms with E-state index in [0.717, 1.165) is 59.2 Å². The monoisotopic (exact) mass is 420 g/mol. The van der Waals surface area contributed by atoms with E-state index in [-0.39, 0.29) is 5.75 Å². The van der Waals surface area contributed by atoms with E-state index in [1.165, 1.54) is 12.1 Å². The van der Waals surface area contributed by atoms with E-state index in [9.17, 15) is 13.2 Å². The summed E-state index contributed by atoms with van der Waals surface area (Å²) in [5.41, 5.74) is 9.20. The minimum Gasteiger partial charge on any atom is -0.494 e. The predicted octanol–water partition coefficient (Wildman–Crippen LogP) is 6.19. The number of ether oxygens (including phenoxy) is 2.